The first-order valence-corrected chi connectivity index (χ1v) is 8.58. The summed E-state index contributed by atoms with van der Waals surface area (Å²) in [5.74, 6) is 1.75. The molecule has 7 nitrogen and oxygen atoms in total. The molecule has 25 heavy (non-hydrogen) atoms. The number of hydrogen-bond donors (Lipinski definition) is 0. The van der Waals surface area contributed by atoms with Crippen molar-refractivity contribution >= 4 is 11.7 Å². The van der Waals surface area contributed by atoms with E-state index in [4.69, 9.17) is 4.74 Å². The van der Waals surface area contributed by atoms with Gasteiger partial charge in [0.1, 0.15) is 6.10 Å². The van der Waals surface area contributed by atoms with Gasteiger partial charge in [-0.1, -0.05) is 0 Å². The predicted octanol–water partition coefficient (Wildman–Crippen LogP) is 1.49. The van der Waals surface area contributed by atoms with Gasteiger partial charge < -0.3 is 14.5 Å². The smallest absolute Gasteiger partial charge is 0.223 e. The van der Waals surface area contributed by atoms with Crippen LogP contribution in [0.15, 0.2) is 30.6 Å². The number of nitrogens with zero attached hydrogens (tertiary/aromatic N) is 5. The standard InChI is InChI=1S/C18H25N5O2/c1-21(2)18-16(5-4-10-19-18)25-15-9-12-23(13-15)17(24)7-6-14-8-11-20-22(14)3/h4-5,8,10-11,15H,6-7,9,12-13H2,1-3H3/t15-/m1/s1. The zero-order valence-electron chi connectivity index (χ0n) is 15.1. The number of likely N-dealkylation sites (tertiary alicyclic amines) is 1. The van der Waals surface area contributed by atoms with E-state index in [1.165, 1.54) is 0 Å². The highest BCUT2D eigenvalue weighted by atomic mass is 16.5. The lowest BCUT2D eigenvalue weighted by Gasteiger charge is -2.20. The van der Waals surface area contributed by atoms with Crippen LogP contribution in [0.3, 0.4) is 0 Å². The molecule has 3 heterocycles. The summed E-state index contributed by atoms with van der Waals surface area (Å²) in [5.41, 5.74) is 1.08. The highest BCUT2D eigenvalue weighted by molar-refractivity contribution is 5.76. The molecular weight excluding hydrogens is 318 g/mol. The Morgan fingerprint density at radius 3 is 2.92 bits per heavy atom. The first-order valence-electron chi connectivity index (χ1n) is 8.58. The number of anilines is 1. The van der Waals surface area contributed by atoms with Gasteiger partial charge in [-0.2, -0.15) is 5.10 Å². The van der Waals surface area contributed by atoms with E-state index in [-0.39, 0.29) is 12.0 Å². The van der Waals surface area contributed by atoms with Crippen molar-refractivity contribution in [2.75, 3.05) is 32.1 Å². The van der Waals surface area contributed by atoms with Gasteiger partial charge in [0.15, 0.2) is 11.6 Å². The monoisotopic (exact) mass is 343 g/mol. The topological polar surface area (TPSA) is 63.5 Å². The Morgan fingerprint density at radius 2 is 2.20 bits per heavy atom. The molecule has 0 saturated carbocycles. The number of hydrogen-bond acceptors (Lipinski definition) is 5. The Morgan fingerprint density at radius 1 is 1.36 bits per heavy atom. The van der Waals surface area contributed by atoms with E-state index in [1.54, 1.807) is 12.4 Å². The lowest BCUT2D eigenvalue weighted by Crippen LogP contribution is -2.31. The predicted molar refractivity (Wildman–Crippen MR) is 95.7 cm³/mol. The van der Waals surface area contributed by atoms with Crippen LogP contribution in [-0.4, -0.2) is 58.9 Å². The first-order chi connectivity index (χ1) is 12.0. The first kappa shape index (κ1) is 17.3. The molecule has 2 aromatic heterocycles. The van der Waals surface area contributed by atoms with Crippen molar-refractivity contribution in [2.45, 2.75) is 25.4 Å². The molecule has 2 aromatic rings. The molecule has 7 heteroatoms. The summed E-state index contributed by atoms with van der Waals surface area (Å²) in [4.78, 5) is 20.6. The summed E-state index contributed by atoms with van der Waals surface area (Å²) in [6.07, 6.45) is 5.59. The zero-order chi connectivity index (χ0) is 17.8. The molecule has 1 aliphatic heterocycles. The molecule has 0 spiro atoms. The lowest BCUT2D eigenvalue weighted by molar-refractivity contribution is -0.130. The van der Waals surface area contributed by atoms with Gasteiger partial charge >= 0.3 is 0 Å². The summed E-state index contributed by atoms with van der Waals surface area (Å²) in [7, 11) is 5.78. The minimum absolute atomic E-state index is 0.0172. The van der Waals surface area contributed by atoms with Crippen molar-refractivity contribution in [2.24, 2.45) is 7.05 Å². The van der Waals surface area contributed by atoms with Gasteiger partial charge in [0.25, 0.3) is 0 Å². The van der Waals surface area contributed by atoms with E-state index in [2.05, 4.69) is 10.1 Å². The third-order valence-electron chi connectivity index (χ3n) is 4.48. The Bertz CT molecular complexity index is 728. The molecule has 0 bridgehead atoms. The van der Waals surface area contributed by atoms with Crippen LogP contribution in [0, 0.1) is 0 Å². The molecule has 134 valence electrons. The van der Waals surface area contributed by atoms with Crippen LogP contribution < -0.4 is 9.64 Å². The summed E-state index contributed by atoms with van der Waals surface area (Å²) >= 11 is 0. The van der Waals surface area contributed by atoms with Gasteiger partial charge in [-0.25, -0.2) is 4.98 Å². The number of carbonyl (C=O) groups is 1. The van der Waals surface area contributed by atoms with E-state index >= 15 is 0 Å². The zero-order valence-corrected chi connectivity index (χ0v) is 15.1. The number of rotatable bonds is 6. The molecule has 0 aromatic carbocycles. The van der Waals surface area contributed by atoms with Crippen molar-refractivity contribution in [1.82, 2.24) is 19.7 Å². The number of aromatic nitrogens is 3. The second-order valence-corrected chi connectivity index (χ2v) is 6.53. The Kier molecular flexibility index (Phi) is 5.21. The maximum absolute atomic E-state index is 12.4. The fraction of sp³-hybridized carbons (Fsp3) is 0.500. The highest BCUT2D eigenvalue weighted by Crippen LogP contribution is 2.26. The summed E-state index contributed by atoms with van der Waals surface area (Å²) in [5, 5.41) is 4.14. The third-order valence-corrected chi connectivity index (χ3v) is 4.48. The summed E-state index contributed by atoms with van der Waals surface area (Å²) in [6.45, 7) is 1.37. The van der Waals surface area contributed by atoms with Crippen LogP contribution in [0.5, 0.6) is 5.75 Å². The van der Waals surface area contributed by atoms with E-state index in [0.29, 0.717) is 19.4 Å². The van der Waals surface area contributed by atoms with Crippen molar-refractivity contribution in [1.29, 1.82) is 0 Å². The number of carbonyl (C=O) groups excluding carboxylic acids is 1. The normalized spacial score (nSPS) is 16.9. The Balaban J connectivity index is 1.53. The Hall–Kier alpha value is -2.57. The minimum Gasteiger partial charge on any atom is -0.485 e. The molecule has 0 unspecified atom stereocenters. The van der Waals surface area contributed by atoms with E-state index in [9.17, 15) is 4.79 Å². The van der Waals surface area contributed by atoms with Gasteiger partial charge in [0.05, 0.1) is 6.54 Å². The maximum Gasteiger partial charge on any atom is 0.223 e. The molecule has 0 radical (unpaired) electrons. The Labute approximate surface area is 148 Å². The molecule has 1 aliphatic rings. The van der Waals surface area contributed by atoms with Crippen molar-refractivity contribution in [3.05, 3.63) is 36.3 Å². The average Bonchev–Trinajstić information content (AvgIpc) is 3.22. The van der Waals surface area contributed by atoms with Gasteiger partial charge in [-0.15, -0.1) is 0 Å². The molecule has 3 rings (SSSR count). The second kappa shape index (κ2) is 7.55. The van der Waals surface area contributed by atoms with Crippen LogP contribution in [0.1, 0.15) is 18.5 Å². The van der Waals surface area contributed by atoms with E-state index in [1.807, 2.05) is 53.8 Å². The fourth-order valence-electron chi connectivity index (χ4n) is 3.08. The van der Waals surface area contributed by atoms with Crippen LogP contribution in [0.4, 0.5) is 5.82 Å². The molecule has 0 N–H and O–H groups in total. The number of pyridine rings is 1. The summed E-state index contributed by atoms with van der Waals surface area (Å²) < 4.78 is 7.92. The second-order valence-electron chi connectivity index (χ2n) is 6.53. The molecule has 1 saturated heterocycles. The van der Waals surface area contributed by atoms with Crippen LogP contribution in [0.2, 0.25) is 0 Å². The quantitative estimate of drug-likeness (QED) is 0.795. The van der Waals surface area contributed by atoms with Gasteiger partial charge in [-0.3, -0.25) is 9.48 Å². The molecule has 1 atom stereocenters. The lowest BCUT2D eigenvalue weighted by atomic mass is 10.2. The number of ether oxygens (including phenoxy) is 1. The van der Waals surface area contributed by atoms with Crippen molar-refractivity contribution in [3.63, 3.8) is 0 Å². The van der Waals surface area contributed by atoms with Crippen molar-refractivity contribution in [3.8, 4) is 5.75 Å². The summed E-state index contributed by atoms with van der Waals surface area (Å²) in [6, 6.07) is 5.75. The molecule has 1 amide bonds. The molecule has 1 fully saturated rings. The molecular formula is C18H25N5O2. The van der Waals surface area contributed by atoms with E-state index < -0.39 is 0 Å². The maximum atomic E-state index is 12.4. The van der Waals surface area contributed by atoms with E-state index in [0.717, 1.165) is 30.2 Å². The SMILES string of the molecule is CN(C)c1ncccc1O[C@@H]1CCN(C(=O)CCc2ccnn2C)C1. The number of aryl methyl sites for hydroxylation is 2. The number of amides is 1. The van der Waals surface area contributed by atoms with Gasteiger partial charge in [0, 0.05) is 58.6 Å². The van der Waals surface area contributed by atoms with Crippen LogP contribution in [-0.2, 0) is 18.3 Å². The van der Waals surface area contributed by atoms with Gasteiger partial charge in [-0.05, 0) is 24.6 Å². The highest BCUT2D eigenvalue weighted by Gasteiger charge is 2.28. The molecule has 0 aliphatic carbocycles. The van der Waals surface area contributed by atoms with Gasteiger partial charge in [0.2, 0.25) is 5.91 Å². The van der Waals surface area contributed by atoms with Crippen LogP contribution >= 0.6 is 0 Å². The van der Waals surface area contributed by atoms with Crippen molar-refractivity contribution < 1.29 is 9.53 Å². The third kappa shape index (κ3) is 4.10. The minimum atomic E-state index is 0.0172. The van der Waals surface area contributed by atoms with Crippen LogP contribution in [0.25, 0.3) is 0 Å². The largest absolute Gasteiger partial charge is 0.485 e. The fourth-order valence-corrected chi connectivity index (χ4v) is 3.08. The average molecular weight is 343 g/mol.